The second-order valence-electron chi connectivity index (χ2n) is 6.41. The summed E-state index contributed by atoms with van der Waals surface area (Å²) >= 11 is 0. The van der Waals surface area contributed by atoms with Crippen molar-refractivity contribution >= 4 is 6.03 Å². The van der Waals surface area contributed by atoms with E-state index in [1.54, 1.807) is 0 Å². The van der Waals surface area contributed by atoms with Crippen molar-refractivity contribution in [3.05, 3.63) is 0 Å². The van der Waals surface area contributed by atoms with Gasteiger partial charge in [-0.3, -0.25) is 4.90 Å². The minimum Gasteiger partial charge on any atom is -0.333 e. The molecule has 0 atom stereocenters. The van der Waals surface area contributed by atoms with Gasteiger partial charge < -0.3 is 10.2 Å². The third-order valence-corrected chi connectivity index (χ3v) is 3.35. The van der Waals surface area contributed by atoms with E-state index < -0.39 is 0 Å². The second-order valence-corrected chi connectivity index (χ2v) is 6.41. The molecule has 2 aliphatic rings. The zero-order valence-corrected chi connectivity index (χ0v) is 11.3. The molecule has 1 N–H and O–H groups in total. The first-order chi connectivity index (χ1) is 7.94. The van der Waals surface area contributed by atoms with Gasteiger partial charge in [0.05, 0.1) is 0 Å². The van der Waals surface area contributed by atoms with Gasteiger partial charge in [-0.15, -0.1) is 0 Å². The fourth-order valence-electron chi connectivity index (χ4n) is 2.20. The summed E-state index contributed by atoms with van der Waals surface area (Å²) in [5, 5.41) is 3.03. The van der Waals surface area contributed by atoms with Crippen LogP contribution in [0.3, 0.4) is 0 Å². The molecule has 0 aromatic heterocycles. The summed E-state index contributed by atoms with van der Waals surface area (Å²) in [7, 11) is 0. The van der Waals surface area contributed by atoms with E-state index in [1.807, 2.05) is 25.7 Å². The van der Waals surface area contributed by atoms with Crippen LogP contribution in [0.25, 0.3) is 0 Å². The fraction of sp³-hybridized carbons (Fsp3) is 0.923. The van der Waals surface area contributed by atoms with Crippen LogP contribution in [0.5, 0.6) is 0 Å². The number of hydrogen-bond acceptors (Lipinski definition) is 2. The van der Waals surface area contributed by atoms with E-state index in [0.717, 1.165) is 32.1 Å². The number of rotatable bonds is 2. The van der Waals surface area contributed by atoms with E-state index in [1.165, 1.54) is 19.4 Å². The Labute approximate surface area is 104 Å². The average Bonchev–Trinajstić information content (AvgIpc) is 3.00. The molecule has 0 bridgehead atoms. The third kappa shape index (κ3) is 4.19. The number of hydrogen-bond donors (Lipinski definition) is 1. The minimum absolute atomic E-state index is 0.0866. The van der Waals surface area contributed by atoms with E-state index in [4.69, 9.17) is 0 Å². The lowest BCUT2D eigenvalue weighted by Crippen LogP contribution is -2.55. The molecule has 0 radical (unpaired) electrons. The Morgan fingerprint density at radius 2 is 1.76 bits per heavy atom. The lowest BCUT2D eigenvalue weighted by atomic mass is 10.1. The summed E-state index contributed by atoms with van der Waals surface area (Å²) < 4.78 is 0. The van der Waals surface area contributed by atoms with Gasteiger partial charge in [-0.05, 0) is 39.5 Å². The summed E-state index contributed by atoms with van der Waals surface area (Å²) in [4.78, 5) is 16.4. The van der Waals surface area contributed by atoms with Gasteiger partial charge in [0.15, 0.2) is 0 Å². The zero-order valence-electron chi connectivity index (χ0n) is 11.3. The van der Waals surface area contributed by atoms with Crippen LogP contribution in [-0.2, 0) is 0 Å². The second kappa shape index (κ2) is 4.84. The molecule has 2 amide bonds. The number of nitrogens with zero attached hydrogens (tertiary/aromatic N) is 2. The van der Waals surface area contributed by atoms with Crippen molar-refractivity contribution in [2.75, 3.05) is 32.7 Å². The number of piperazine rings is 1. The van der Waals surface area contributed by atoms with Crippen molar-refractivity contribution in [2.24, 2.45) is 5.92 Å². The highest BCUT2D eigenvalue weighted by Gasteiger charge is 2.28. The van der Waals surface area contributed by atoms with Crippen LogP contribution in [0.15, 0.2) is 0 Å². The zero-order chi connectivity index (χ0) is 12.5. The molecule has 1 aliphatic heterocycles. The number of carbonyl (C=O) groups is 1. The van der Waals surface area contributed by atoms with Crippen molar-refractivity contribution in [3.63, 3.8) is 0 Å². The molecular formula is C13H25N3O. The van der Waals surface area contributed by atoms with Gasteiger partial charge in [-0.1, -0.05) is 0 Å². The van der Waals surface area contributed by atoms with Gasteiger partial charge in [0.2, 0.25) is 0 Å². The van der Waals surface area contributed by atoms with Crippen LogP contribution in [0, 0.1) is 5.92 Å². The van der Waals surface area contributed by atoms with Crippen molar-refractivity contribution < 1.29 is 4.79 Å². The van der Waals surface area contributed by atoms with Crippen molar-refractivity contribution in [2.45, 2.75) is 39.2 Å². The Kier molecular flexibility index (Phi) is 3.61. The number of nitrogens with one attached hydrogen (secondary N) is 1. The standard InChI is InChI=1S/C13H25N3O/c1-13(2,3)14-12(17)16-8-6-15(7-9-16)10-11-4-5-11/h11H,4-10H2,1-3H3,(H,14,17). The Hall–Kier alpha value is -0.770. The van der Waals surface area contributed by atoms with Crippen LogP contribution < -0.4 is 5.32 Å². The first-order valence-corrected chi connectivity index (χ1v) is 6.73. The molecule has 0 aromatic carbocycles. The van der Waals surface area contributed by atoms with Crippen LogP contribution in [0.2, 0.25) is 0 Å². The molecular weight excluding hydrogens is 214 g/mol. The summed E-state index contributed by atoms with van der Waals surface area (Å²) in [5.41, 5.74) is -0.137. The van der Waals surface area contributed by atoms with Crippen molar-refractivity contribution in [3.8, 4) is 0 Å². The van der Waals surface area contributed by atoms with E-state index in [2.05, 4.69) is 10.2 Å². The summed E-state index contributed by atoms with van der Waals surface area (Å²) in [6, 6.07) is 0.0866. The summed E-state index contributed by atoms with van der Waals surface area (Å²) in [6.45, 7) is 11.1. The maximum Gasteiger partial charge on any atom is 0.317 e. The number of carbonyl (C=O) groups excluding carboxylic acids is 1. The minimum atomic E-state index is -0.137. The summed E-state index contributed by atoms with van der Waals surface area (Å²) in [5.74, 6) is 0.949. The first kappa shape index (κ1) is 12.7. The van der Waals surface area contributed by atoms with Gasteiger partial charge in [-0.2, -0.15) is 0 Å². The first-order valence-electron chi connectivity index (χ1n) is 6.73. The molecule has 2 rings (SSSR count). The molecule has 1 saturated heterocycles. The molecule has 4 nitrogen and oxygen atoms in total. The molecule has 0 unspecified atom stereocenters. The molecule has 0 spiro atoms. The topological polar surface area (TPSA) is 35.6 Å². The van der Waals surface area contributed by atoms with Gasteiger partial charge in [0.1, 0.15) is 0 Å². The average molecular weight is 239 g/mol. The predicted molar refractivity (Wildman–Crippen MR) is 69.0 cm³/mol. The molecule has 0 aromatic rings. The lowest BCUT2D eigenvalue weighted by molar-refractivity contribution is 0.132. The largest absolute Gasteiger partial charge is 0.333 e. The van der Waals surface area contributed by atoms with Crippen LogP contribution in [-0.4, -0.2) is 54.1 Å². The Morgan fingerprint density at radius 3 is 2.24 bits per heavy atom. The monoisotopic (exact) mass is 239 g/mol. The molecule has 1 heterocycles. The highest BCUT2D eigenvalue weighted by molar-refractivity contribution is 5.75. The maximum atomic E-state index is 12.0. The number of urea groups is 1. The Morgan fingerprint density at radius 1 is 1.18 bits per heavy atom. The molecule has 1 saturated carbocycles. The molecule has 1 aliphatic carbocycles. The Bertz CT molecular complexity index is 273. The van der Waals surface area contributed by atoms with Gasteiger partial charge >= 0.3 is 6.03 Å². The SMILES string of the molecule is CC(C)(C)NC(=O)N1CCN(CC2CC2)CC1. The molecule has 17 heavy (non-hydrogen) atoms. The highest BCUT2D eigenvalue weighted by atomic mass is 16.2. The van der Waals surface area contributed by atoms with Gasteiger partial charge in [0.25, 0.3) is 0 Å². The predicted octanol–water partition coefficient (Wildman–Crippen LogP) is 1.52. The van der Waals surface area contributed by atoms with Gasteiger partial charge in [0, 0.05) is 38.3 Å². The lowest BCUT2D eigenvalue weighted by Gasteiger charge is -2.36. The van der Waals surface area contributed by atoms with E-state index in [0.29, 0.717) is 0 Å². The smallest absolute Gasteiger partial charge is 0.317 e. The van der Waals surface area contributed by atoms with E-state index in [9.17, 15) is 4.79 Å². The van der Waals surface area contributed by atoms with Crippen LogP contribution in [0.4, 0.5) is 4.79 Å². The van der Waals surface area contributed by atoms with Gasteiger partial charge in [-0.25, -0.2) is 4.79 Å². The quantitative estimate of drug-likeness (QED) is 0.793. The molecule has 4 heteroatoms. The van der Waals surface area contributed by atoms with E-state index >= 15 is 0 Å². The van der Waals surface area contributed by atoms with E-state index in [-0.39, 0.29) is 11.6 Å². The Balaban J connectivity index is 1.72. The molecule has 98 valence electrons. The fourth-order valence-corrected chi connectivity index (χ4v) is 2.20. The molecule has 2 fully saturated rings. The summed E-state index contributed by atoms with van der Waals surface area (Å²) in [6.07, 6.45) is 2.81. The highest BCUT2D eigenvalue weighted by Crippen LogP contribution is 2.29. The van der Waals surface area contributed by atoms with Crippen LogP contribution in [0.1, 0.15) is 33.6 Å². The normalized spacial score (nSPS) is 22.6. The maximum absolute atomic E-state index is 12.0. The van der Waals surface area contributed by atoms with Crippen molar-refractivity contribution in [1.29, 1.82) is 0 Å². The third-order valence-electron chi connectivity index (χ3n) is 3.35. The number of amides is 2. The van der Waals surface area contributed by atoms with Crippen molar-refractivity contribution in [1.82, 2.24) is 15.1 Å². The van der Waals surface area contributed by atoms with Crippen LogP contribution >= 0.6 is 0 Å².